The van der Waals surface area contributed by atoms with E-state index in [2.05, 4.69) is 10.3 Å². The number of hydrogen-bond acceptors (Lipinski definition) is 2. The Kier molecular flexibility index (Phi) is 3.71. The van der Waals surface area contributed by atoms with Crippen molar-refractivity contribution in [1.29, 1.82) is 0 Å². The number of H-pyrrole nitrogens is 1. The van der Waals surface area contributed by atoms with E-state index in [0.29, 0.717) is 12.2 Å². The third-order valence-electron chi connectivity index (χ3n) is 3.50. The van der Waals surface area contributed by atoms with Crippen molar-refractivity contribution >= 4 is 16.8 Å². The normalized spacial score (nSPS) is 10.7. The van der Waals surface area contributed by atoms with Crippen LogP contribution in [0.1, 0.15) is 21.6 Å². The standard InChI is InChI=1S/C17H16N2O2/c20-11-14-7-2-1-6-13(14)10-18-17(21)16-9-12-5-3-4-8-15(12)19-16/h1-9,19-20H,10-11H2,(H,18,21). The molecule has 0 aliphatic heterocycles. The SMILES string of the molecule is O=C(NCc1ccccc1CO)c1cc2ccccc2[nH]1. The lowest BCUT2D eigenvalue weighted by atomic mass is 10.1. The number of para-hydroxylation sites is 1. The van der Waals surface area contributed by atoms with Gasteiger partial charge in [-0.25, -0.2) is 0 Å². The summed E-state index contributed by atoms with van der Waals surface area (Å²) in [5, 5.41) is 13.2. The number of carbonyl (C=O) groups is 1. The van der Waals surface area contributed by atoms with Gasteiger partial charge < -0.3 is 15.4 Å². The number of aromatic nitrogens is 1. The van der Waals surface area contributed by atoms with Crippen molar-refractivity contribution < 1.29 is 9.90 Å². The maximum atomic E-state index is 12.2. The van der Waals surface area contributed by atoms with Crippen LogP contribution in [0.4, 0.5) is 0 Å². The van der Waals surface area contributed by atoms with Gasteiger partial charge in [-0.05, 0) is 23.3 Å². The van der Waals surface area contributed by atoms with E-state index in [0.717, 1.165) is 22.0 Å². The average Bonchev–Trinajstić information content (AvgIpc) is 2.97. The van der Waals surface area contributed by atoms with Crippen LogP contribution in [-0.2, 0) is 13.2 Å². The molecule has 2 aromatic carbocycles. The van der Waals surface area contributed by atoms with Crippen molar-refractivity contribution in [3.8, 4) is 0 Å². The Morgan fingerprint density at radius 1 is 1.05 bits per heavy atom. The molecule has 4 heteroatoms. The number of nitrogens with one attached hydrogen (secondary N) is 2. The lowest BCUT2D eigenvalue weighted by molar-refractivity contribution is 0.0946. The first-order valence-corrected chi connectivity index (χ1v) is 6.81. The van der Waals surface area contributed by atoms with Gasteiger partial charge in [0.2, 0.25) is 0 Å². The summed E-state index contributed by atoms with van der Waals surface area (Å²) in [4.78, 5) is 15.3. The van der Waals surface area contributed by atoms with E-state index < -0.39 is 0 Å². The zero-order chi connectivity index (χ0) is 14.7. The molecule has 1 amide bonds. The lowest BCUT2D eigenvalue weighted by Crippen LogP contribution is -2.23. The summed E-state index contributed by atoms with van der Waals surface area (Å²) in [6, 6.07) is 17.1. The first-order chi connectivity index (χ1) is 10.3. The predicted molar refractivity (Wildman–Crippen MR) is 81.8 cm³/mol. The van der Waals surface area contributed by atoms with Gasteiger partial charge in [0, 0.05) is 17.4 Å². The summed E-state index contributed by atoms with van der Waals surface area (Å²) in [5.41, 5.74) is 3.23. The number of benzene rings is 2. The molecule has 1 heterocycles. The van der Waals surface area contributed by atoms with Crippen LogP contribution in [0.2, 0.25) is 0 Å². The molecule has 1 aromatic heterocycles. The van der Waals surface area contributed by atoms with E-state index >= 15 is 0 Å². The van der Waals surface area contributed by atoms with E-state index in [4.69, 9.17) is 0 Å². The predicted octanol–water partition coefficient (Wildman–Crippen LogP) is 2.59. The molecule has 0 unspecified atom stereocenters. The third-order valence-corrected chi connectivity index (χ3v) is 3.50. The number of carbonyl (C=O) groups excluding carboxylic acids is 1. The van der Waals surface area contributed by atoms with Crippen molar-refractivity contribution in [3.63, 3.8) is 0 Å². The molecule has 0 radical (unpaired) electrons. The van der Waals surface area contributed by atoms with Crippen LogP contribution in [0.5, 0.6) is 0 Å². The van der Waals surface area contributed by atoms with Gasteiger partial charge in [0.15, 0.2) is 0 Å². The summed E-state index contributed by atoms with van der Waals surface area (Å²) >= 11 is 0. The van der Waals surface area contributed by atoms with Gasteiger partial charge in [0.1, 0.15) is 5.69 Å². The van der Waals surface area contributed by atoms with Crippen LogP contribution in [0.15, 0.2) is 54.6 Å². The topological polar surface area (TPSA) is 65.1 Å². The molecule has 0 bridgehead atoms. The van der Waals surface area contributed by atoms with Crippen molar-refractivity contribution in [2.75, 3.05) is 0 Å². The molecule has 0 spiro atoms. The monoisotopic (exact) mass is 280 g/mol. The van der Waals surface area contributed by atoms with E-state index in [1.807, 2.05) is 54.6 Å². The molecule has 3 rings (SSSR count). The third kappa shape index (κ3) is 2.80. The Balaban J connectivity index is 1.74. The zero-order valence-corrected chi connectivity index (χ0v) is 11.5. The second kappa shape index (κ2) is 5.81. The molecular weight excluding hydrogens is 264 g/mol. The first-order valence-electron chi connectivity index (χ1n) is 6.81. The number of hydrogen-bond donors (Lipinski definition) is 3. The maximum Gasteiger partial charge on any atom is 0.267 e. The molecule has 106 valence electrons. The fourth-order valence-electron chi connectivity index (χ4n) is 2.35. The molecular formula is C17H16N2O2. The quantitative estimate of drug-likeness (QED) is 0.687. The van der Waals surface area contributed by atoms with Crippen LogP contribution < -0.4 is 5.32 Å². The summed E-state index contributed by atoms with van der Waals surface area (Å²) in [5.74, 6) is -0.154. The van der Waals surface area contributed by atoms with Gasteiger partial charge in [-0.2, -0.15) is 0 Å². The largest absolute Gasteiger partial charge is 0.392 e. The highest BCUT2D eigenvalue weighted by Gasteiger charge is 2.09. The van der Waals surface area contributed by atoms with Gasteiger partial charge in [-0.3, -0.25) is 4.79 Å². The Morgan fingerprint density at radius 2 is 1.76 bits per heavy atom. The van der Waals surface area contributed by atoms with Gasteiger partial charge in [-0.15, -0.1) is 0 Å². The summed E-state index contributed by atoms with van der Waals surface area (Å²) in [6.45, 7) is 0.364. The van der Waals surface area contributed by atoms with Crippen LogP contribution >= 0.6 is 0 Å². The number of fused-ring (bicyclic) bond motifs is 1. The highest BCUT2D eigenvalue weighted by Crippen LogP contribution is 2.15. The zero-order valence-electron chi connectivity index (χ0n) is 11.5. The first kappa shape index (κ1) is 13.4. The molecule has 0 aliphatic carbocycles. The number of rotatable bonds is 4. The average molecular weight is 280 g/mol. The van der Waals surface area contributed by atoms with Gasteiger partial charge in [0.05, 0.1) is 6.61 Å². The van der Waals surface area contributed by atoms with Gasteiger partial charge in [0.25, 0.3) is 5.91 Å². The van der Waals surface area contributed by atoms with Crippen LogP contribution in [-0.4, -0.2) is 16.0 Å². The summed E-state index contributed by atoms with van der Waals surface area (Å²) in [6.07, 6.45) is 0. The summed E-state index contributed by atoms with van der Waals surface area (Å²) < 4.78 is 0. The van der Waals surface area contributed by atoms with Crippen molar-refractivity contribution in [2.45, 2.75) is 13.2 Å². The smallest absolute Gasteiger partial charge is 0.267 e. The molecule has 3 aromatic rings. The Hall–Kier alpha value is -2.59. The Morgan fingerprint density at radius 3 is 2.52 bits per heavy atom. The van der Waals surface area contributed by atoms with E-state index in [1.165, 1.54) is 0 Å². The Bertz CT molecular complexity index is 744. The van der Waals surface area contributed by atoms with Crippen LogP contribution in [0, 0.1) is 0 Å². The molecule has 0 saturated heterocycles. The van der Waals surface area contributed by atoms with Crippen molar-refractivity contribution in [3.05, 3.63) is 71.4 Å². The van der Waals surface area contributed by atoms with Crippen molar-refractivity contribution in [1.82, 2.24) is 10.3 Å². The fourth-order valence-corrected chi connectivity index (χ4v) is 2.35. The minimum absolute atomic E-state index is 0.0293. The number of aliphatic hydroxyl groups excluding tert-OH is 1. The number of aliphatic hydroxyl groups is 1. The highest BCUT2D eigenvalue weighted by atomic mass is 16.3. The van der Waals surface area contributed by atoms with Crippen LogP contribution in [0.3, 0.4) is 0 Å². The number of amides is 1. The molecule has 0 atom stereocenters. The van der Waals surface area contributed by atoms with E-state index in [9.17, 15) is 9.90 Å². The minimum atomic E-state index is -0.154. The van der Waals surface area contributed by atoms with Gasteiger partial charge in [-0.1, -0.05) is 42.5 Å². The summed E-state index contributed by atoms with van der Waals surface area (Å²) in [7, 11) is 0. The number of aromatic amines is 1. The lowest BCUT2D eigenvalue weighted by Gasteiger charge is -2.08. The molecule has 0 fully saturated rings. The fraction of sp³-hybridized carbons (Fsp3) is 0.118. The molecule has 4 nitrogen and oxygen atoms in total. The molecule has 0 saturated carbocycles. The van der Waals surface area contributed by atoms with Crippen molar-refractivity contribution in [2.24, 2.45) is 0 Å². The van der Waals surface area contributed by atoms with Gasteiger partial charge >= 0.3 is 0 Å². The van der Waals surface area contributed by atoms with Crippen LogP contribution in [0.25, 0.3) is 10.9 Å². The van der Waals surface area contributed by atoms with E-state index in [1.54, 1.807) is 0 Å². The molecule has 3 N–H and O–H groups in total. The Labute approximate surface area is 122 Å². The molecule has 0 aliphatic rings. The maximum absolute atomic E-state index is 12.2. The highest BCUT2D eigenvalue weighted by molar-refractivity contribution is 5.97. The second-order valence-electron chi connectivity index (χ2n) is 4.88. The van der Waals surface area contributed by atoms with E-state index in [-0.39, 0.29) is 12.5 Å². The second-order valence-corrected chi connectivity index (χ2v) is 4.88. The molecule has 21 heavy (non-hydrogen) atoms. The minimum Gasteiger partial charge on any atom is -0.392 e.